The lowest BCUT2D eigenvalue weighted by molar-refractivity contribution is 0.279. The van der Waals surface area contributed by atoms with Gasteiger partial charge in [0.2, 0.25) is 0 Å². The van der Waals surface area contributed by atoms with Crippen molar-refractivity contribution >= 4 is 0 Å². The zero-order valence-corrected chi connectivity index (χ0v) is 7.72. The first-order chi connectivity index (χ1) is 6.34. The molecule has 0 aromatic carbocycles. The standard InChI is InChI=1S/C8H13N5/c1-6-9-10-11-13(6)8-5-12-3-2-7(8)4-12/h7-8H,2-5H2,1H3. The fraction of sp³-hybridized carbons (Fsp3) is 0.875. The number of hydrogen-bond donors (Lipinski definition) is 0. The SMILES string of the molecule is Cc1nnnn1C1CN2CCC1C2. The normalized spacial score (nSPS) is 37.2. The summed E-state index contributed by atoms with van der Waals surface area (Å²) in [6, 6.07) is 0.531. The second-order valence-electron chi connectivity index (χ2n) is 4.05. The third-order valence-electron chi connectivity index (χ3n) is 3.27. The average molecular weight is 179 g/mol. The lowest BCUT2D eigenvalue weighted by atomic mass is 10.0. The predicted molar refractivity (Wildman–Crippen MR) is 46.1 cm³/mol. The molecule has 3 rings (SSSR count). The van der Waals surface area contributed by atoms with Gasteiger partial charge in [-0.25, -0.2) is 4.68 Å². The summed E-state index contributed by atoms with van der Waals surface area (Å²) in [4.78, 5) is 2.50. The quantitative estimate of drug-likeness (QED) is 0.602. The van der Waals surface area contributed by atoms with E-state index in [1.165, 1.54) is 19.5 Å². The van der Waals surface area contributed by atoms with E-state index < -0.39 is 0 Å². The molecule has 2 aliphatic heterocycles. The van der Waals surface area contributed by atoms with Crippen LogP contribution in [0.25, 0.3) is 0 Å². The molecule has 0 amide bonds. The average Bonchev–Trinajstić information content (AvgIpc) is 2.77. The summed E-state index contributed by atoms with van der Waals surface area (Å²) in [5.74, 6) is 1.72. The van der Waals surface area contributed by atoms with E-state index in [1.807, 2.05) is 11.6 Å². The molecule has 0 N–H and O–H groups in total. The zero-order chi connectivity index (χ0) is 8.84. The first-order valence-corrected chi connectivity index (χ1v) is 4.81. The van der Waals surface area contributed by atoms with Gasteiger partial charge >= 0.3 is 0 Å². The van der Waals surface area contributed by atoms with Gasteiger partial charge in [0.15, 0.2) is 0 Å². The molecule has 3 unspecified atom stereocenters. The molecule has 2 aliphatic rings. The van der Waals surface area contributed by atoms with Crippen molar-refractivity contribution in [2.45, 2.75) is 19.4 Å². The number of rotatable bonds is 1. The summed E-state index contributed by atoms with van der Waals surface area (Å²) in [6.45, 7) is 5.62. The molecule has 2 saturated heterocycles. The zero-order valence-electron chi connectivity index (χ0n) is 7.72. The smallest absolute Gasteiger partial charge is 0.148 e. The molecule has 1 aromatic rings. The largest absolute Gasteiger partial charge is 0.301 e. The van der Waals surface area contributed by atoms with Crippen LogP contribution in [0.5, 0.6) is 0 Å². The van der Waals surface area contributed by atoms with Crippen LogP contribution in [0.4, 0.5) is 0 Å². The molecule has 5 nitrogen and oxygen atoms in total. The number of nitrogens with zero attached hydrogens (tertiary/aromatic N) is 5. The van der Waals surface area contributed by atoms with Crippen molar-refractivity contribution in [3.63, 3.8) is 0 Å². The lowest BCUT2D eigenvalue weighted by Gasteiger charge is -2.21. The number of aromatic nitrogens is 4. The van der Waals surface area contributed by atoms with Crippen LogP contribution in [0.2, 0.25) is 0 Å². The molecule has 0 saturated carbocycles. The Balaban J connectivity index is 1.91. The Morgan fingerprint density at radius 1 is 1.38 bits per heavy atom. The maximum absolute atomic E-state index is 4.05. The summed E-state index contributed by atoms with van der Waals surface area (Å²) < 4.78 is 1.99. The van der Waals surface area contributed by atoms with Crippen molar-refractivity contribution in [3.8, 4) is 0 Å². The highest BCUT2D eigenvalue weighted by Gasteiger charge is 2.40. The molecule has 2 fully saturated rings. The minimum absolute atomic E-state index is 0.531. The van der Waals surface area contributed by atoms with Gasteiger partial charge in [-0.2, -0.15) is 0 Å². The number of piperidine rings is 1. The van der Waals surface area contributed by atoms with Gasteiger partial charge in [-0.3, -0.25) is 0 Å². The third-order valence-corrected chi connectivity index (χ3v) is 3.27. The van der Waals surface area contributed by atoms with Crippen LogP contribution in [0, 0.1) is 12.8 Å². The molecular formula is C8H13N5. The van der Waals surface area contributed by atoms with E-state index in [-0.39, 0.29) is 0 Å². The van der Waals surface area contributed by atoms with Crippen molar-refractivity contribution < 1.29 is 0 Å². The fourth-order valence-electron chi connectivity index (χ4n) is 2.58. The molecule has 0 spiro atoms. The topological polar surface area (TPSA) is 46.8 Å². The predicted octanol–water partition coefficient (Wildman–Crippen LogP) is -0.142. The summed E-state index contributed by atoms with van der Waals surface area (Å²) in [6.07, 6.45) is 1.31. The highest BCUT2D eigenvalue weighted by Crippen LogP contribution is 2.35. The van der Waals surface area contributed by atoms with Gasteiger partial charge in [-0.1, -0.05) is 0 Å². The molecule has 13 heavy (non-hydrogen) atoms. The highest BCUT2D eigenvalue weighted by molar-refractivity contribution is 4.95. The number of fused-ring (bicyclic) bond motifs is 2. The van der Waals surface area contributed by atoms with Crippen LogP contribution < -0.4 is 0 Å². The van der Waals surface area contributed by atoms with Gasteiger partial charge in [0.05, 0.1) is 6.04 Å². The number of hydrogen-bond acceptors (Lipinski definition) is 4. The Morgan fingerprint density at radius 3 is 2.85 bits per heavy atom. The Kier molecular flexibility index (Phi) is 1.44. The summed E-state index contributed by atoms with van der Waals surface area (Å²) in [5.41, 5.74) is 0. The van der Waals surface area contributed by atoms with Crippen LogP contribution in [0.3, 0.4) is 0 Å². The second kappa shape index (κ2) is 2.51. The molecule has 0 aliphatic carbocycles. The maximum atomic E-state index is 4.05. The monoisotopic (exact) mass is 179 g/mol. The van der Waals surface area contributed by atoms with Crippen molar-refractivity contribution in [3.05, 3.63) is 5.82 Å². The Bertz CT molecular complexity index is 320. The Labute approximate surface area is 76.7 Å². The van der Waals surface area contributed by atoms with E-state index in [0.29, 0.717) is 6.04 Å². The summed E-state index contributed by atoms with van der Waals surface area (Å²) in [7, 11) is 0. The van der Waals surface area contributed by atoms with Gasteiger partial charge in [-0.15, -0.1) is 5.10 Å². The summed E-state index contributed by atoms with van der Waals surface area (Å²) in [5, 5.41) is 11.7. The molecule has 3 atom stereocenters. The van der Waals surface area contributed by atoms with Gasteiger partial charge < -0.3 is 4.90 Å². The lowest BCUT2D eigenvalue weighted by Crippen LogP contribution is -2.27. The van der Waals surface area contributed by atoms with Crippen molar-refractivity contribution in [1.29, 1.82) is 0 Å². The van der Waals surface area contributed by atoms with Gasteiger partial charge in [0.1, 0.15) is 5.82 Å². The highest BCUT2D eigenvalue weighted by atomic mass is 15.6. The van der Waals surface area contributed by atoms with Crippen LogP contribution in [-0.4, -0.2) is 44.7 Å². The van der Waals surface area contributed by atoms with Crippen molar-refractivity contribution in [1.82, 2.24) is 25.1 Å². The van der Waals surface area contributed by atoms with E-state index in [1.54, 1.807) is 0 Å². The number of aryl methyl sites for hydroxylation is 1. The van der Waals surface area contributed by atoms with E-state index >= 15 is 0 Å². The molecule has 5 heteroatoms. The van der Waals surface area contributed by atoms with Gasteiger partial charge in [0, 0.05) is 13.1 Å². The minimum atomic E-state index is 0.531. The van der Waals surface area contributed by atoms with Gasteiger partial charge in [-0.05, 0) is 36.2 Å². The molecule has 1 aromatic heterocycles. The first kappa shape index (κ1) is 7.44. The number of tetrazole rings is 1. The van der Waals surface area contributed by atoms with Crippen LogP contribution in [0.15, 0.2) is 0 Å². The first-order valence-electron chi connectivity index (χ1n) is 4.81. The molecule has 70 valence electrons. The Hall–Kier alpha value is -0.970. The third kappa shape index (κ3) is 0.997. The van der Waals surface area contributed by atoms with E-state index in [9.17, 15) is 0 Å². The molecule has 2 bridgehead atoms. The van der Waals surface area contributed by atoms with E-state index in [4.69, 9.17) is 0 Å². The Morgan fingerprint density at radius 2 is 2.31 bits per heavy atom. The molecular weight excluding hydrogens is 166 g/mol. The van der Waals surface area contributed by atoms with Crippen molar-refractivity contribution in [2.75, 3.05) is 19.6 Å². The van der Waals surface area contributed by atoms with Crippen LogP contribution in [-0.2, 0) is 0 Å². The maximum Gasteiger partial charge on any atom is 0.148 e. The van der Waals surface area contributed by atoms with Crippen molar-refractivity contribution in [2.24, 2.45) is 5.92 Å². The van der Waals surface area contributed by atoms with Crippen LogP contribution >= 0.6 is 0 Å². The van der Waals surface area contributed by atoms with Gasteiger partial charge in [0.25, 0.3) is 0 Å². The second-order valence-corrected chi connectivity index (χ2v) is 4.05. The van der Waals surface area contributed by atoms with Crippen LogP contribution in [0.1, 0.15) is 18.3 Å². The fourth-order valence-corrected chi connectivity index (χ4v) is 2.58. The summed E-state index contributed by atoms with van der Waals surface area (Å²) >= 11 is 0. The minimum Gasteiger partial charge on any atom is -0.301 e. The molecule has 0 radical (unpaired) electrons. The van der Waals surface area contributed by atoms with E-state index in [0.717, 1.165) is 18.3 Å². The van der Waals surface area contributed by atoms with E-state index in [2.05, 4.69) is 20.4 Å². The molecule has 3 heterocycles.